The number of nitrogens with zero attached hydrogens (tertiary/aromatic N) is 6. The normalized spacial score (nSPS) is 14.5. The minimum Gasteiger partial charge on any atom is -0.363 e. The largest absolute Gasteiger partial charge is 0.416 e. The minimum absolute atomic E-state index is 0.0184. The Balaban J connectivity index is 1.40. The smallest absolute Gasteiger partial charge is 0.363 e. The van der Waals surface area contributed by atoms with E-state index in [0.717, 1.165) is 30.7 Å². The van der Waals surface area contributed by atoms with Gasteiger partial charge in [0.05, 0.1) is 28.0 Å². The van der Waals surface area contributed by atoms with Crippen molar-refractivity contribution >= 4 is 45.5 Å². The summed E-state index contributed by atoms with van der Waals surface area (Å²) in [5.74, 6) is -0.136. The molecule has 0 unspecified atom stereocenters. The van der Waals surface area contributed by atoms with E-state index in [1.54, 1.807) is 30.6 Å². The maximum atomic E-state index is 13.7. The SMILES string of the molecule is CC(=O)Nc1ncc(-c2cn(-c3cc(C(=O)Nc4cc(N=C5CCCN5C)cc(C(F)(F)F)c4)ccc3C)nn2)s1. The number of thiazole rings is 1. The first-order valence-corrected chi connectivity index (χ1v) is 13.4. The zero-order chi connectivity index (χ0) is 29.3. The molecule has 14 heteroatoms. The van der Waals surface area contributed by atoms with Crippen LogP contribution in [0.25, 0.3) is 16.3 Å². The van der Waals surface area contributed by atoms with Crippen LogP contribution in [0.2, 0.25) is 0 Å². The molecular weight excluding hydrogens is 557 g/mol. The zero-order valence-electron chi connectivity index (χ0n) is 22.3. The highest BCUT2D eigenvalue weighted by atomic mass is 32.1. The third kappa shape index (κ3) is 6.43. The lowest BCUT2D eigenvalue weighted by atomic mass is 10.1. The van der Waals surface area contributed by atoms with Crippen molar-refractivity contribution in [3.63, 3.8) is 0 Å². The predicted octanol–water partition coefficient (Wildman–Crippen LogP) is 5.68. The summed E-state index contributed by atoms with van der Waals surface area (Å²) in [6.45, 7) is 4.00. The molecule has 1 fully saturated rings. The van der Waals surface area contributed by atoms with Crippen molar-refractivity contribution in [2.24, 2.45) is 4.99 Å². The fourth-order valence-corrected chi connectivity index (χ4v) is 5.10. The number of carbonyl (C=O) groups is 2. The van der Waals surface area contributed by atoms with Crippen LogP contribution in [0.15, 0.2) is 53.8 Å². The van der Waals surface area contributed by atoms with Gasteiger partial charge in [-0.2, -0.15) is 13.2 Å². The number of aliphatic imine (C=N–C) groups is 1. The number of hydrogen-bond donors (Lipinski definition) is 2. The highest BCUT2D eigenvalue weighted by Crippen LogP contribution is 2.35. The first-order valence-electron chi connectivity index (χ1n) is 12.6. The number of amidine groups is 1. The second-order valence-corrected chi connectivity index (χ2v) is 10.6. The molecule has 10 nitrogen and oxygen atoms in total. The molecule has 2 aromatic heterocycles. The van der Waals surface area contributed by atoms with Crippen LogP contribution in [0.5, 0.6) is 0 Å². The number of carbonyl (C=O) groups excluding carboxylic acids is 2. The van der Waals surface area contributed by atoms with E-state index in [2.05, 4.69) is 30.9 Å². The van der Waals surface area contributed by atoms with Crippen LogP contribution in [0.4, 0.5) is 29.7 Å². The van der Waals surface area contributed by atoms with Gasteiger partial charge in [0.25, 0.3) is 5.91 Å². The van der Waals surface area contributed by atoms with Crippen LogP contribution in [-0.2, 0) is 11.0 Å². The summed E-state index contributed by atoms with van der Waals surface area (Å²) in [6.07, 6.45) is 0.167. The van der Waals surface area contributed by atoms with E-state index >= 15 is 0 Å². The molecule has 41 heavy (non-hydrogen) atoms. The average Bonchev–Trinajstić information content (AvgIpc) is 3.65. The van der Waals surface area contributed by atoms with Crippen LogP contribution >= 0.6 is 11.3 Å². The average molecular weight is 583 g/mol. The third-order valence-corrected chi connectivity index (χ3v) is 7.28. The first-order chi connectivity index (χ1) is 19.5. The fraction of sp³-hybridized carbons (Fsp3) is 0.259. The van der Waals surface area contributed by atoms with E-state index < -0.39 is 17.6 Å². The topological polar surface area (TPSA) is 117 Å². The van der Waals surface area contributed by atoms with Gasteiger partial charge in [-0.15, -0.1) is 5.10 Å². The molecule has 1 aliphatic rings. The third-order valence-electron chi connectivity index (χ3n) is 6.35. The second-order valence-electron chi connectivity index (χ2n) is 9.53. The van der Waals surface area contributed by atoms with Gasteiger partial charge in [0.2, 0.25) is 5.91 Å². The Labute approximate surface area is 236 Å². The van der Waals surface area contributed by atoms with Crippen molar-refractivity contribution in [3.8, 4) is 16.3 Å². The Morgan fingerprint density at radius 2 is 1.93 bits per heavy atom. The number of aromatic nitrogens is 4. The van der Waals surface area contributed by atoms with Gasteiger partial charge in [-0.1, -0.05) is 22.6 Å². The number of benzene rings is 2. The molecule has 0 aliphatic carbocycles. The fourth-order valence-electron chi connectivity index (χ4n) is 4.29. The standard InChI is InChI=1S/C27H25F3N8O2S/c1-15-6-7-17(9-22(15)38-14-21(35-36-38)23-13-31-26(41-23)32-16(2)39)25(40)34-20-11-18(27(28,29)30)10-19(12-20)33-24-5-4-8-37(24)3/h6-7,9-14H,4-5,8H2,1-3H3,(H,34,40)(H,31,32,39). The molecular formula is C27H25F3N8O2S. The molecule has 1 aliphatic heterocycles. The highest BCUT2D eigenvalue weighted by molar-refractivity contribution is 7.19. The summed E-state index contributed by atoms with van der Waals surface area (Å²) in [5.41, 5.74) is 1.27. The number of aryl methyl sites for hydroxylation is 1. The van der Waals surface area contributed by atoms with Crippen LogP contribution in [0.3, 0.4) is 0 Å². The zero-order valence-corrected chi connectivity index (χ0v) is 23.1. The van der Waals surface area contributed by atoms with E-state index in [-0.39, 0.29) is 22.8 Å². The molecule has 2 N–H and O–H groups in total. The minimum atomic E-state index is -4.61. The van der Waals surface area contributed by atoms with Crippen LogP contribution in [0, 0.1) is 6.92 Å². The predicted molar refractivity (Wildman–Crippen MR) is 150 cm³/mol. The number of likely N-dealkylation sites (tertiary alicyclic amines) is 1. The van der Waals surface area contributed by atoms with E-state index in [1.165, 1.54) is 29.0 Å². The molecule has 2 aromatic carbocycles. The van der Waals surface area contributed by atoms with Crippen molar-refractivity contribution in [1.29, 1.82) is 0 Å². The van der Waals surface area contributed by atoms with Gasteiger partial charge >= 0.3 is 6.18 Å². The molecule has 1 saturated heterocycles. The maximum Gasteiger partial charge on any atom is 0.416 e. The molecule has 4 aromatic rings. The lowest BCUT2D eigenvalue weighted by Gasteiger charge is -2.14. The van der Waals surface area contributed by atoms with E-state index in [0.29, 0.717) is 33.6 Å². The second kappa shape index (κ2) is 11.1. The van der Waals surface area contributed by atoms with Gasteiger partial charge in [0.1, 0.15) is 11.5 Å². The number of anilines is 2. The number of hydrogen-bond acceptors (Lipinski definition) is 7. The summed E-state index contributed by atoms with van der Waals surface area (Å²) in [4.78, 5) is 35.6. The van der Waals surface area contributed by atoms with Crippen LogP contribution in [-0.4, -0.2) is 56.1 Å². The molecule has 0 spiro atoms. The van der Waals surface area contributed by atoms with Gasteiger partial charge in [-0.05, 0) is 49.2 Å². The van der Waals surface area contributed by atoms with Crippen molar-refractivity contribution in [2.45, 2.75) is 32.9 Å². The van der Waals surface area contributed by atoms with Gasteiger partial charge in [-0.25, -0.2) is 14.7 Å². The lowest BCUT2D eigenvalue weighted by molar-refractivity contribution is -0.137. The molecule has 0 atom stereocenters. The summed E-state index contributed by atoms with van der Waals surface area (Å²) in [6, 6.07) is 8.17. The van der Waals surface area contributed by atoms with E-state index in [1.807, 2.05) is 18.9 Å². The van der Waals surface area contributed by atoms with Crippen LogP contribution in [0.1, 0.15) is 41.3 Å². The summed E-state index contributed by atoms with van der Waals surface area (Å²) < 4.78 is 42.5. The number of halogens is 3. The van der Waals surface area contributed by atoms with E-state index in [4.69, 9.17) is 0 Å². The van der Waals surface area contributed by atoms with Gasteiger partial charge in [0, 0.05) is 44.4 Å². The number of rotatable bonds is 6. The van der Waals surface area contributed by atoms with Crippen molar-refractivity contribution in [2.75, 3.05) is 24.2 Å². The monoisotopic (exact) mass is 582 g/mol. The molecule has 5 rings (SSSR count). The Bertz CT molecular complexity index is 1660. The summed E-state index contributed by atoms with van der Waals surface area (Å²) >= 11 is 1.24. The molecule has 3 heterocycles. The van der Waals surface area contributed by atoms with Gasteiger partial charge in [0.15, 0.2) is 5.13 Å². The van der Waals surface area contributed by atoms with Crippen molar-refractivity contribution in [3.05, 3.63) is 65.5 Å². The maximum absolute atomic E-state index is 13.7. The van der Waals surface area contributed by atoms with Gasteiger partial charge in [-0.3, -0.25) is 9.59 Å². The number of amides is 2. The quantitative estimate of drug-likeness (QED) is 0.302. The first kappa shape index (κ1) is 28.0. The Morgan fingerprint density at radius 1 is 1.12 bits per heavy atom. The Hall–Kier alpha value is -4.59. The molecule has 212 valence electrons. The molecule has 0 radical (unpaired) electrons. The lowest BCUT2D eigenvalue weighted by Crippen LogP contribution is -2.18. The molecule has 0 bridgehead atoms. The Morgan fingerprint density at radius 3 is 2.63 bits per heavy atom. The highest BCUT2D eigenvalue weighted by Gasteiger charge is 2.31. The van der Waals surface area contributed by atoms with Crippen LogP contribution < -0.4 is 10.6 Å². The molecule has 2 amide bonds. The summed E-state index contributed by atoms with van der Waals surface area (Å²) in [5, 5.41) is 14.0. The summed E-state index contributed by atoms with van der Waals surface area (Å²) in [7, 11) is 1.84. The molecule has 0 saturated carbocycles. The van der Waals surface area contributed by atoms with Gasteiger partial charge < -0.3 is 15.5 Å². The Kier molecular flexibility index (Phi) is 7.58. The van der Waals surface area contributed by atoms with Crippen molar-refractivity contribution in [1.82, 2.24) is 24.9 Å². The number of nitrogens with one attached hydrogen (secondary N) is 2. The van der Waals surface area contributed by atoms with E-state index in [9.17, 15) is 22.8 Å². The number of alkyl halides is 3. The van der Waals surface area contributed by atoms with Crippen molar-refractivity contribution < 1.29 is 22.8 Å².